The number of methoxy groups -OCH3 is 3. The molecule has 0 aromatic carbocycles. The van der Waals surface area contributed by atoms with Crippen molar-refractivity contribution in [2.75, 3.05) is 27.9 Å². The predicted octanol–water partition coefficient (Wildman–Crippen LogP) is 5.32. The van der Waals surface area contributed by atoms with Crippen LogP contribution in [0, 0.1) is 5.41 Å². The molecule has 144 valence electrons. The van der Waals surface area contributed by atoms with Gasteiger partial charge in [-0.3, -0.25) is 0 Å². The van der Waals surface area contributed by atoms with E-state index in [4.69, 9.17) is 18.9 Å². The molecule has 0 N–H and O–H groups in total. The van der Waals surface area contributed by atoms with Gasteiger partial charge in [-0.05, 0) is 19.8 Å². The van der Waals surface area contributed by atoms with Gasteiger partial charge >= 0.3 is 0 Å². The van der Waals surface area contributed by atoms with E-state index in [9.17, 15) is 0 Å². The summed E-state index contributed by atoms with van der Waals surface area (Å²) >= 11 is 0. The van der Waals surface area contributed by atoms with Crippen molar-refractivity contribution >= 4 is 0 Å². The van der Waals surface area contributed by atoms with Crippen LogP contribution >= 0.6 is 0 Å². The summed E-state index contributed by atoms with van der Waals surface area (Å²) in [7, 11) is 4.96. The van der Waals surface area contributed by atoms with Gasteiger partial charge in [0.05, 0.1) is 18.1 Å². The van der Waals surface area contributed by atoms with Gasteiger partial charge in [-0.25, -0.2) is 0 Å². The molecular formula is C20H40O4. The van der Waals surface area contributed by atoms with Crippen LogP contribution in [0.5, 0.6) is 0 Å². The van der Waals surface area contributed by atoms with Crippen molar-refractivity contribution in [1.82, 2.24) is 0 Å². The third kappa shape index (κ3) is 6.14. The zero-order chi connectivity index (χ0) is 18.5. The van der Waals surface area contributed by atoms with Gasteiger partial charge in [0.1, 0.15) is 0 Å². The largest absolute Gasteiger partial charge is 0.372 e. The first-order chi connectivity index (χ1) is 11.6. The van der Waals surface area contributed by atoms with Gasteiger partial charge in [0.25, 0.3) is 5.97 Å². The molecule has 0 saturated carbocycles. The highest BCUT2D eigenvalue weighted by molar-refractivity contribution is 4.99. The van der Waals surface area contributed by atoms with E-state index in [0.29, 0.717) is 0 Å². The standard InChI is InChI=1S/C17H34O4.C3H6/c1-6-8-9-10-11-12-13-16(7-2,15-14-21-15)17(18-3,19-4)20-5;1-3-2/h15H,6-14H2,1-5H3;3H,1H2,2H3. The molecule has 0 radical (unpaired) electrons. The van der Waals surface area contributed by atoms with Crippen molar-refractivity contribution in [3.05, 3.63) is 12.7 Å². The Morgan fingerprint density at radius 3 is 1.83 bits per heavy atom. The minimum absolute atomic E-state index is 0.179. The topological polar surface area (TPSA) is 40.2 Å². The molecule has 4 nitrogen and oxygen atoms in total. The van der Waals surface area contributed by atoms with E-state index in [0.717, 1.165) is 25.9 Å². The number of epoxide rings is 1. The molecule has 0 aromatic heterocycles. The first kappa shape index (κ1) is 23.6. The maximum atomic E-state index is 5.67. The molecule has 1 saturated heterocycles. The first-order valence-corrected chi connectivity index (χ1v) is 9.42. The Hall–Kier alpha value is -0.420. The van der Waals surface area contributed by atoms with E-state index in [-0.39, 0.29) is 11.5 Å². The van der Waals surface area contributed by atoms with Crippen molar-refractivity contribution in [3.63, 3.8) is 0 Å². The number of ether oxygens (including phenoxy) is 4. The van der Waals surface area contributed by atoms with Crippen molar-refractivity contribution in [2.45, 2.75) is 84.2 Å². The highest BCUT2D eigenvalue weighted by atomic mass is 16.9. The van der Waals surface area contributed by atoms with Crippen LogP contribution < -0.4 is 0 Å². The number of allylic oxidation sites excluding steroid dienone is 1. The number of hydrogen-bond acceptors (Lipinski definition) is 4. The summed E-state index contributed by atoms with van der Waals surface area (Å²) < 4.78 is 22.6. The zero-order valence-electron chi connectivity index (χ0n) is 16.9. The lowest BCUT2D eigenvalue weighted by Gasteiger charge is -2.46. The quantitative estimate of drug-likeness (QED) is 0.196. The second-order valence-electron chi connectivity index (χ2n) is 6.43. The normalized spacial score (nSPS) is 19.2. The summed E-state index contributed by atoms with van der Waals surface area (Å²) in [5.41, 5.74) is -0.226. The summed E-state index contributed by atoms with van der Waals surface area (Å²) in [4.78, 5) is 0. The molecule has 4 heteroatoms. The zero-order valence-corrected chi connectivity index (χ0v) is 16.9. The molecule has 1 aliphatic rings. The van der Waals surface area contributed by atoms with E-state index >= 15 is 0 Å². The van der Waals surface area contributed by atoms with Crippen LogP contribution in [0.25, 0.3) is 0 Å². The van der Waals surface area contributed by atoms with Crippen LogP contribution in [0.2, 0.25) is 0 Å². The highest BCUT2D eigenvalue weighted by Crippen LogP contribution is 2.51. The van der Waals surface area contributed by atoms with Gasteiger partial charge in [0, 0.05) is 21.3 Å². The van der Waals surface area contributed by atoms with E-state index in [2.05, 4.69) is 20.4 Å². The molecule has 0 bridgehead atoms. The van der Waals surface area contributed by atoms with Gasteiger partial charge in [-0.15, -0.1) is 6.58 Å². The van der Waals surface area contributed by atoms with Gasteiger partial charge in [0.2, 0.25) is 0 Å². The van der Waals surface area contributed by atoms with Gasteiger partial charge in [-0.1, -0.05) is 58.4 Å². The highest BCUT2D eigenvalue weighted by Gasteiger charge is 2.61. The fraction of sp³-hybridized carbons (Fsp3) is 0.900. The molecule has 0 amide bonds. The second kappa shape index (κ2) is 12.9. The Balaban J connectivity index is 0.00000163. The molecule has 1 aliphatic heterocycles. The summed E-state index contributed by atoms with van der Waals surface area (Å²) in [6.45, 7) is 10.4. The van der Waals surface area contributed by atoms with Gasteiger partial charge in [0.15, 0.2) is 0 Å². The van der Waals surface area contributed by atoms with E-state index in [1.165, 1.54) is 32.1 Å². The Bertz CT molecular complexity index is 302. The lowest BCUT2D eigenvalue weighted by molar-refractivity contribution is -0.412. The lowest BCUT2D eigenvalue weighted by Crippen LogP contribution is -2.55. The smallest absolute Gasteiger partial charge is 0.290 e. The van der Waals surface area contributed by atoms with E-state index in [1.54, 1.807) is 27.4 Å². The average Bonchev–Trinajstić information content (AvgIpc) is 3.44. The molecule has 2 atom stereocenters. The van der Waals surface area contributed by atoms with Crippen molar-refractivity contribution < 1.29 is 18.9 Å². The van der Waals surface area contributed by atoms with Crippen LogP contribution in [0.4, 0.5) is 0 Å². The van der Waals surface area contributed by atoms with Crippen LogP contribution in [-0.4, -0.2) is 40.0 Å². The fourth-order valence-corrected chi connectivity index (χ4v) is 3.58. The third-order valence-corrected chi connectivity index (χ3v) is 4.97. The Kier molecular flexibility index (Phi) is 12.6. The maximum Gasteiger partial charge on any atom is 0.290 e. The van der Waals surface area contributed by atoms with Gasteiger partial charge in [-0.2, -0.15) is 0 Å². The van der Waals surface area contributed by atoms with Crippen molar-refractivity contribution in [2.24, 2.45) is 5.41 Å². The number of rotatable bonds is 13. The first-order valence-electron chi connectivity index (χ1n) is 9.42. The average molecular weight is 345 g/mol. The Morgan fingerprint density at radius 2 is 1.46 bits per heavy atom. The van der Waals surface area contributed by atoms with E-state index in [1.807, 2.05) is 6.92 Å². The molecule has 0 spiro atoms. The summed E-state index contributed by atoms with van der Waals surface area (Å²) in [5.74, 6) is -1.01. The molecule has 1 heterocycles. The Morgan fingerprint density at radius 1 is 1.00 bits per heavy atom. The minimum Gasteiger partial charge on any atom is -0.372 e. The Labute approximate surface area is 149 Å². The van der Waals surface area contributed by atoms with Crippen molar-refractivity contribution in [3.8, 4) is 0 Å². The molecular weight excluding hydrogens is 304 g/mol. The summed E-state index contributed by atoms with van der Waals surface area (Å²) in [6, 6.07) is 0. The minimum atomic E-state index is -1.01. The van der Waals surface area contributed by atoms with Crippen LogP contribution in [0.1, 0.15) is 72.1 Å². The predicted molar refractivity (Wildman–Crippen MR) is 100 cm³/mol. The van der Waals surface area contributed by atoms with Crippen LogP contribution in [0.15, 0.2) is 12.7 Å². The third-order valence-electron chi connectivity index (χ3n) is 4.97. The fourth-order valence-electron chi connectivity index (χ4n) is 3.58. The van der Waals surface area contributed by atoms with Crippen LogP contribution in [-0.2, 0) is 18.9 Å². The molecule has 0 aromatic rings. The molecule has 1 fully saturated rings. The molecule has 2 unspecified atom stereocenters. The number of unbranched alkanes of at least 4 members (excludes halogenated alkanes) is 5. The van der Waals surface area contributed by atoms with Gasteiger partial charge < -0.3 is 18.9 Å². The molecule has 1 rings (SSSR count). The second-order valence-corrected chi connectivity index (χ2v) is 6.43. The van der Waals surface area contributed by atoms with Crippen LogP contribution in [0.3, 0.4) is 0 Å². The summed E-state index contributed by atoms with van der Waals surface area (Å²) in [6.07, 6.45) is 11.5. The summed E-state index contributed by atoms with van der Waals surface area (Å²) in [5, 5.41) is 0. The van der Waals surface area contributed by atoms with Crippen molar-refractivity contribution in [1.29, 1.82) is 0 Å². The number of hydrogen-bond donors (Lipinski definition) is 0. The molecule has 24 heavy (non-hydrogen) atoms. The lowest BCUT2D eigenvalue weighted by atomic mass is 9.74. The van der Waals surface area contributed by atoms with E-state index < -0.39 is 5.97 Å². The maximum absolute atomic E-state index is 5.67. The molecule has 0 aliphatic carbocycles. The SMILES string of the molecule is C=CC.CCCCCCCCC(CC)(C1CO1)C(OC)(OC)OC. The monoisotopic (exact) mass is 344 g/mol.